The molecule has 0 aliphatic carbocycles. The van der Waals surface area contributed by atoms with Crippen LogP contribution in [0, 0.1) is 0 Å². The first-order valence-corrected chi connectivity index (χ1v) is 8.42. The molecule has 2 aromatic rings. The topological polar surface area (TPSA) is 87.7 Å². The lowest BCUT2D eigenvalue weighted by molar-refractivity contribution is -0.128. The number of aliphatic hydroxyl groups excluding tert-OH is 1. The molecule has 126 valence electrons. The summed E-state index contributed by atoms with van der Waals surface area (Å²) in [6.45, 7) is 0. The fraction of sp³-hybridized carbons (Fsp3) is 0.294. The predicted molar refractivity (Wildman–Crippen MR) is 90.9 cm³/mol. The van der Waals surface area contributed by atoms with E-state index in [1.54, 1.807) is 6.07 Å². The molecule has 3 N–H and O–H groups in total. The standard InChI is InChI=1S/C17H18N2O4S/c1-23-17-11(9-13(24-17)10-5-3-2-4-6-10)15(21)18-12-7-8-14(20)19-16(12)22/h2-6,9,12,14,20H,7-8H2,1H3,(H,18,21)(H,19,22). The Kier molecular flexibility index (Phi) is 4.82. The number of aliphatic hydroxyl groups is 1. The number of benzene rings is 1. The summed E-state index contributed by atoms with van der Waals surface area (Å²) in [6, 6.07) is 10.8. The average Bonchev–Trinajstić information content (AvgIpc) is 3.02. The van der Waals surface area contributed by atoms with Gasteiger partial charge in [-0.1, -0.05) is 41.7 Å². The van der Waals surface area contributed by atoms with E-state index < -0.39 is 12.3 Å². The van der Waals surface area contributed by atoms with Crippen molar-refractivity contribution in [2.75, 3.05) is 7.11 Å². The lowest BCUT2D eigenvalue weighted by atomic mass is 10.0. The zero-order valence-corrected chi connectivity index (χ0v) is 13.9. The van der Waals surface area contributed by atoms with Crippen LogP contribution in [-0.2, 0) is 4.79 Å². The third-order valence-corrected chi connectivity index (χ3v) is 4.99. The lowest BCUT2D eigenvalue weighted by Gasteiger charge is -2.26. The minimum absolute atomic E-state index is 0.359. The fourth-order valence-corrected chi connectivity index (χ4v) is 3.57. The van der Waals surface area contributed by atoms with Crippen molar-refractivity contribution in [3.8, 4) is 15.5 Å². The van der Waals surface area contributed by atoms with Crippen LogP contribution >= 0.6 is 11.3 Å². The number of carbonyl (C=O) groups is 2. The van der Waals surface area contributed by atoms with Crippen molar-refractivity contribution in [3.05, 3.63) is 42.0 Å². The van der Waals surface area contributed by atoms with Crippen LogP contribution in [0.5, 0.6) is 5.06 Å². The van der Waals surface area contributed by atoms with Crippen LogP contribution in [-0.4, -0.2) is 36.3 Å². The highest BCUT2D eigenvalue weighted by Crippen LogP contribution is 2.37. The number of amides is 2. The molecule has 0 spiro atoms. The van der Waals surface area contributed by atoms with Crippen molar-refractivity contribution in [1.29, 1.82) is 0 Å². The molecular formula is C17H18N2O4S. The van der Waals surface area contributed by atoms with Gasteiger partial charge < -0.3 is 20.5 Å². The van der Waals surface area contributed by atoms with E-state index in [4.69, 9.17) is 4.74 Å². The van der Waals surface area contributed by atoms with Gasteiger partial charge in [-0.05, 0) is 24.5 Å². The number of methoxy groups -OCH3 is 1. The molecular weight excluding hydrogens is 328 g/mol. The number of thiophene rings is 1. The summed E-state index contributed by atoms with van der Waals surface area (Å²) in [5.41, 5.74) is 1.40. The van der Waals surface area contributed by atoms with E-state index in [1.807, 2.05) is 30.3 Å². The smallest absolute Gasteiger partial charge is 0.256 e. The van der Waals surface area contributed by atoms with Crippen molar-refractivity contribution >= 4 is 23.2 Å². The van der Waals surface area contributed by atoms with Gasteiger partial charge in [-0.25, -0.2) is 0 Å². The SMILES string of the molecule is COc1sc(-c2ccccc2)cc1C(=O)NC1CCC(O)NC1=O. The molecule has 0 bridgehead atoms. The Bertz CT molecular complexity index is 744. The maximum Gasteiger partial charge on any atom is 0.256 e. The van der Waals surface area contributed by atoms with Gasteiger partial charge in [0.25, 0.3) is 5.91 Å². The van der Waals surface area contributed by atoms with Crippen LogP contribution in [0.3, 0.4) is 0 Å². The summed E-state index contributed by atoms with van der Waals surface area (Å²) in [6.07, 6.45) is -0.0327. The van der Waals surface area contributed by atoms with E-state index >= 15 is 0 Å². The van der Waals surface area contributed by atoms with Crippen LogP contribution in [0.2, 0.25) is 0 Å². The molecule has 24 heavy (non-hydrogen) atoms. The molecule has 1 fully saturated rings. The summed E-state index contributed by atoms with van der Waals surface area (Å²) in [5.74, 6) is -0.735. The van der Waals surface area contributed by atoms with Crippen LogP contribution in [0.25, 0.3) is 10.4 Å². The number of hydrogen-bond acceptors (Lipinski definition) is 5. The normalized spacial score (nSPS) is 20.3. The molecule has 1 aromatic heterocycles. The van der Waals surface area contributed by atoms with Gasteiger partial charge in [0.05, 0.1) is 12.7 Å². The Morgan fingerprint density at radius 1 is 1.33 bits per heavy atom. The van der Waals surface area contributed by atoms with Crippen LogP contribution in [0.1, 0.15) is 23.2 Å². The minimum Gasteiger partial charge on any atom is -0.487 e. The second kappa shape index (κ2) is 7.02. The highest BCUT2D eigenvalue weighted by molar-refractivity contribution is 7.17. The average molecular weight is 346 g/mol. The number of carbonyl (C=O) groups excluding carboxylic acids is 2. The maximum absolute atomic E-state index is 12.5. The van der Waals surface area contributed by atoms with Gasteiger partial charge in [0, 0.05) is 4.88 Å². The van der Waals surface area contributed by atoms with Crippen molar-refractivity contribution in [3.63, 3.8) is 0 Å². The number of rotatable bonds is 4. The quantitative estimate of drug-likeness (QED) is 0.787. The van der Waals surface area contributed by atoms with Crippen LogP contribution < -0.4 is 15.4 Å². The van der Waals surface area contributed by atoms with E-state index in [0.29, 0.717) is 23.5 Å². The van der Waals surface area contributed by atoms with Crippen molar-refractivity contribution in [1.82, 2.24) is 10.6 Å². The third kappa shape index (κ3) is 3.42. The Morgan fingerprint density at radius 3 is 2.75 bits per heavy atom. The van der Waals surface area contributed by atoms with E-state index in [-0.39, 0.29) is 11.8 Å². The Morgan fingerprint density at radius 2 is 2.08 bits per heavy atom. The molecule has 2 heterocycles. The van der Waals surface area contributed by atoms with Gasteiger partial charge >= 0.3 is 0 Å². The third-order valence-electron chi connectivity index (χ3n) is 3.85. The molecule has 1 aliphatic heterocycles. The van der Waals surface area contributed by atoms with E-state index in [1.165, 1.54) is 18.4 Å². The number of hydrogen-bond donors (Lipinski definition) is 3. The molecule has 1 aliphatic rings. The first-order valence-electron chi connectivity index (χ1n) is 7.61. The van der Waals surface area contributed by atoms with Crippen molar-refractivity contribution < 1.29 is 19.4 Å². The van der Waals surface area contributed by atoms with Crippen LogP contribution in [0.4, 0.5) is 0 Å². The Labute approximate surface area is 143 Å². The summed E-state index contributed by atoms with van der Waals surface area (Å²) in [4.78, 5) is 25.3. The van der Waals surface area contributed by atoms with Gasteiger partial charge in [0.15, 0.2) is 5.06 Å². The molecule has 2 atom stereocenters. The van der Waals surface area contributed by atoms with Crippen LogP contribution in [0.15, 0.2) is 36.4 Å². The zero-order chi connectivity index (χ0) is 17.1. The van der Waals surface area contributed by atoms with Crippen molar-refractivity contribution in [2.24, 2.45) is 0 Å². The summed E-state index contributed by atoms with van der Waals surface area (Å²) < 4.78 is 5.32. The first kappa shape index (κ1) is 16.5. The molecule has 7 heteroatoms. The molecule has 2 unspecified atom stereocenters. The number of ether oxygens (including phenoxy) is 1. The van der Waals surface area contributed by atoms with Gasteiger partial charge in [-0.3, -0.25) is 9.59 Å². The summed E-state index contributed by atoms with van der Waals surface area (Å²) in [5, 5.41) is 15.0. The minimum atomic E-state index is -0.842. The maximum atomic E-state index is 12.5. The van der Waals surface area contributed by atoms with E-state index in [2.05, 4.69) is 10.6 Å². The largest absolute Gasteiger partial charge is 0.487 e. The summed E-state index contributed by atoms with van der Waals surface area (Å²) >= 11 is 1.38. The van der Waals surface area contributed by atoms with Gasteiger partial charge in [-0.2, -0.15) is 0 Å². The second-order valence-corrected chi connectivity index (χ2v) is 6.52. The van der Waals surface area contributed by atoms with Gasteiger partial charge in [0.2, 0.25) is 5.91 Å². The monoisotopic (exact) mass is 346 g/mol. The lowest BCUT2D eigenvalue weighted by Crippen LogP contribution is -2.53. The molecule has 2 amide bonds. The highest BCUT2D eigenvalue weighted by Gasteiger charge is 2.29. The molecule has 3 rings (SSSR count). The Hall–Kier alpha value is -2.38. The summed E-state index contributed by atoms with van der Waals surface area (Å²) in [7, 11) is 1.51. The first-order chi connectivity index (χ1) is 11.6. The molecule has 6 nitrogen and oxygen atoms in total. The number of nitrogens with one attached hydrogen (secondary N) is 2. The molecule has 1 saturated heterocycles. The molecule has 0 saturated carbocycles. The highest BCUT2D eigenvalue weighted by atomic mass is 32.1. The van der Waals surface area contributed by atoms with E-state index in [9.17, 15) is 14.7 Å². The van der Waals surface area contributed by atoms with Gasteiger partial charge in [0.1, 0.15) is 12.3 Å². The predicted octanol–water partition coefficient (Wildman–Crippen LogP) is 1.75. The fourth-order valence-electron chi connectivity index (χ4n) is 2.60. The molecule has 0 radical (unpaired) electrons. The van der Waals surface area contributed by atoms with E-state index in [0.717, 1.165) is 10.4 Å². The molecule has 1 aromatic carbocycles. The Balaban J connectivity index is 1.79. The van der Waals surface area contributed by atoms with Crippen molar-refractivity contribution in [2.45, 2.75) is 25.1 Å². The second-order valence-electron chi connectivity index (χ2n) is 5.51. The zero-order valence-electron chi connectivity index (χ0n) is 13.1. The number of piperidine rings is 1. The van der Waals surface area contributed by atoms with Gasteiger partial charge in [-0.15, -0.1) is 0 Å².